The molecule has 2 rings (SSSR count). The molecule has 0 aliphatic heterocycles. The number of aromatic nitrogens is 3. The number of rotatable bonds is 14. The molecule has 1 heterocycles. The minimum Gasteiger partial charge on any atom is -0.411 e. The average Bonchev–Trinajstić information content (AvgIpc) is 3.24. The molecule has 0 spiro atoms. The third kappa shape index (κ3) is 6.04. The number of benzene rings is 1. The molecule has 1 aromatic carbocycles. The number of Topliss-reactive ketones (excluding diaryl/α,β-unsaturated/α-hetero) is 1. The molecule has 6 nitrogen and oxygen atoms in total. The van der Waals surface area contributed by atoms with Gasteiger partial charge in [-0.2, -0.15) is 0 Å². The standard InChI is InChI=1S/C24H41N3O3Si2/c1-8-31(9-2,10-3)29-18-23-24(19-30-32(11-4,12-5)13-6)27(26-25-23)22-16-14-21(15-17-22)20(7)28/h14-17H,8-13,18-19H2,1-7H3. The first-order valence-corrected chi connectivity index (χ1v) is 17.2. The molecule has 0 atom stereocenters. The minimum absolute atomic E-state index is 0.0532. The van der Waals surface area contributed by atoms with Crippen molar-refractivity contribution >= 4 is 22.4 Å². The van der Waals surface area contributed by atoms with Gasteiger partial charge in [0.1, 0.15) is 5.69 Å². The van der Waals surface area contributed by atoms with Crippen molar-refractivity contribution in [2.75, 3.05) is 0 Å². The van der Waals surface area contributed by atoms with Gasteiger partial charge in [-0.05, 0) is 67.5 Å². The average molecular weight is 476 g/mol. The molecule has 2 aromatic rings. The Balaban J connectivity index is 2.40. The number of carbonyl (C=O) groups excluding carboxylic acids is 1. The summed E-state index contributed by atoms with van der Waals surface area (Å²) in [7, 11) is -3.51. The summed E-state index contributed by atoms with van der Waals surface area (Å²) in [4.78, 5) is 11.7. The fourth-order valence-corrected chi connectivity index (χ4v) is 9.30. The maximum absolute atomic E-state index is 11.7. The van der Waals surface area contributed by atoms with Gasteiger partial charge in [-0.1, -0.05) is 46.8 Å². The van der Waals surface area contributed by atoms with E-state index >= 15 is 0 Å². The lowest BCUT2D eigenvalue weighted by Crippen LogP contribution is -2.36. The smallest absolute Gasteiger partial charge is 0.192 e. The zero-order valence-electron chi connectivity index (χ0n) is 21.0. The predicted molar refractivity (Wildman–Crippen MR) is 135 cm³/mol. The van der Waals surface area contributed by atoms with E-state index in [1.54, 1.807) is 6.92 Å². The van der Waals surface area contributed by atoms with E-state index in [-0.39, 0.29) is 5.78 Å². The second-order valence-corrected chi connectivity index (χ2v) is 18.1. The summed E-state index contributed by atoms with van der Waals surface area (Å²) in [5.74, 6) is 0.0532. The zero-order valence-corrected chi connectivity index (χ0v) is 23.0. The molecule has 0 saturated carbocycles. The highest BCUT2D eigenvalue weighted by Crippen LogP contribution is 2.27. The molecule has 0 unspecified atom stereocenters. The number of nitrogens with zero attached hydrogens (tertiary/aromatic N) is 3. The first-order valence-electron chi connectivity index (χ1n) is 12.2. The Morgan fingerprint density at radius 1 is 0.812 bits per heavy atom. The van der Waals surface area contributed by atoms with E-state index in [1.807, 2.05) is 28.9 Å². The molecular weight excluding hydrogens is 434 g/mol. The SMILES string of the molecule is CC[Si](CC)(CC)OCc1nnn(-c2ccc(C(C)=O)cc2)c1CO[Si](CC)(CC)CC. The van der Waals surface area contributed by atoms with Gasteiger partial charge in [0.2, 0.25) is 0 Å². The molecule has 0 saturated heterocycles. The van der Waals surface area contributed by atoms with Gasteiger partial charge in [-0.15, -0.1) is 5.10 Å². The van der Waals surface area contributed by atoms with E-state index in [9.17, 15) is 4.79 Å². The van der Waals surface area contributed by atoms with Crippen LogP contribution in [0, 0.1) is 0 Å². The molecule has 0 amide bonds. The van der Waals surface area contributed by atoms with Gasteiger partial charge in [0.25, 0.3) is 0 Å². The second kappa shape index (κ2) is 12.0. The highest BCUT2D eigenvalue weighted by Gasteiger charge is 2.32. The van der Waals surface area contributed by atoms with Crippen molar-refractivity contribution in [3.05, 3.63) is 41.2 Å². The van der Waals surface area contributed by atoms with E-state index in [1.165, 1.54) is 0 Å². The molecule has 0 bridgehead atoms. The van der Waals surface area contributed by atoms with Crippen molar-refractivity contribution in [3.63, 3.8) is 0 Å². The fourth-order valence-electron chi connectivity index (χ4n) is 4.19. The summed E-state index contributed by atoms with van der Waals surface area (Å²) < 4.78 is 15.0. The van der Waals surface area contributed by atoms with E-state index in [0.717, 1.165) is 53.3 Å². The summed E-state index contributed by atoms with van der Waals surface area (Å²) in [6.07, 6.45) is 0. The largest absolute Gasteiger partial charge is 0.411 e. The first kappa shape index (κ1) is 26.6. The predicted octanol–water partition coefficient (Wildman–Crippen LogP) is 6.51. The third-order valence-electron chi connectivity index (χ3n) is 7.26. The van der Waals surface area contributed by atoms with Gasteiger partial charge in [-0.3, -0.25) is 4.79 Å². The summed E-state index contributed by atoms with van der Waals surface area (Å²) in [5.41, 5.74) is 3.39. The molecule has 178 valence electrons. The number of hydrogen-bond acceptors (Lipinski definition) is 5. The quantitative estimate of drug-likeness (QED) is 0.230. The Hall–Kier alpha value is -1.62. The lowest BCUT2D eigenvalue weighted by molar-refractivity contribution is 0.101. The zero-order chi connectivity index (χ0) is 23.8. The molecule has 0 radical (unpaired) electrons. The van der Waals surface area contributed by atoms with Crippen LogP contribution in [0.15, 0.2) is 24.3 Å². The second-order valence-electron chi connectivity index (χ2n) is 8.56. The number of hydrogen-bond donors (Lipinski definition) is 0. The Kier molecular flexibility index (Phi) is 10.0. The van der Waals surface area contributed by atoms with E-state index < -0.39 is 16.6 Å². The highest BCUT2D eigenvalue weighted by atomic mass is 28.4. The minimum atomic E-state index is -1.77. The summed E-state index contributed by atoms with van der Waals surface area (Å²) in [6.45, 7) is 16.0. The maximum Gasteiger partial charge on any atom is 0.192 e. The molecule has 0 N–H and O–H groups in total. The van der Waals surface area contributed by atoms with Gasteiger partial charge in [-0.25, -0.2) is 4.68 Å². The third-order valence-corrected chi connectivity index (χ3v) is 16.5. The lowest BCUT2D eigenvalue weighted by atomic mass is 10.1. The van der Waals surface area contributed by atoms with Gasteiger partial charge >= 0.3 is 0 Å². The van der Waals surface area contributed by atoms with Gasteiger partial charge in [0.05, 0.1) is 24.6 Å². The van der Waals surface area contributed by atoms with Crippen LogP contribution in [0.25, 0.3) is 5.69 Å². The van der Waals surface area contributed by atoms with Crippen LogP contribution in [0.1, 0.15) is 70.2 Å². The van der Waals surface area contributed by atoms with E-state index in [4.69, 9.17) is 8.85 Å². The van der Waals surface area contributed by atoms with Crippen LogP contribution >= 0.6 is 0 Å². The molecular formula is C24H41N3O3Si2. The highest BCUT2D eigenvalue weighted by molar-refractivity contribution is 6.73. The van der Waals surface area contributed by atoms with E-state index in [0.29, 0.717) is 18.8 Å². The monoisotopic (exact) mass is 475 g/mol. The van der Waals surface area contributed by atoms with E-state index in [2.05, 4.69) is 51.9 Å². The topological polar surface area (TPSA) is 66.2 Å². The Bertz CT molecular complexity index is 843. The number of ketones is 1. The van der Waals surface area contributed by atoms with Crippen molar-refractivity contribution in [3.8, 4) is 5.69 Å². The van der Waals surface area contributed by atoms with Crippen molar-refractivity contribution in [2.24, 2.45) is 0 Å². The van der Waals surface area contributed by atoms with Crippen LogP contribution in [0.2, 0.25) is 36.3 Å². The molecule has 0 aliphatic carbocycles. The molecule has 1 aromatic heterocycles. The van der Waals surface area contributed by atoms with Gasteiger partial charge < -0.3 is 8.85 Å². The van der Waals surface area contributed by atoms with Crippen molar-refractivity contribution in [2.45, 2.75) is 97.9 Å². The maximum atomic E-state index is 11.7. The van der Waals surface area contributed by atoms with Crippen LogP contribution in [0.5, 0.6) is 0 Å². The molecule has 8 heteroatoms. The van der Waals surface area contributed by atoms with Gasteiger partial charge in [0, 0.05) is 5.56 Å². The first-order chi connectivity index (χ1) is 15.3. The van der Waals surface area contributed by atoms with Crippen molar-refractivity contribution in [1.29, 1.82) is 0 Å². The summed E-state index contributed by atoms with van der Waals surface area (Å²) in [6, 6.07) is 14.1. The fraction of sp³-hybridized carbons (Fsp3) is 0.625. The van der Waals surface area contributed by atoms with Crippen LogP contribution in [0.3, 0.4) is 0 Å². The Labute approximate surface area is 196 Å². The summed E-state index contributed by atoms with van der Waals surface area (Å²) in [5, 5.41) is 8.98. The van der Waals surface area contributed by atoms with Crippen LogP contribution in [-0.2, 0) is 22.1 Å². The van der Waals surface area contributed by atoms with Crippen LogP contribution in [-0.4, -0.2) is 37.4 Å². The summed E-state index contributed by atoms with van der Waals surface area (Å²) >= 11 is 0. The number of carbonyl (C=O) groups is 1. The Morgan fingerprint density at radius 2 is 1.28 bits per heavy atom. The van der Waals surface area contributed by atoms with Gasteiger partial charge in [0.15, 0.2) is 22.4 Å². The van der Waals surface area contributed by atoms with Crippen molar-refractivity contribution < 1.29 is 13.6 Å². The van der Waals surface area contributed by atoms with Crippen LogP contribution < -0.4 is 0 Å². The molecule has 0 aliphatic rings. The van der Waals surface area contributed by atoms with Crippen molar-refractivity contribution in [1.82, 2.24) is 15.0 Å². The molecule has 32 heavy (non-hydrogen) atoms. The molecule has 0 fully saturated rings. The normalized spacial score (nSPS) is 12.3. The lowest BCUT2D eigenvalue weighted by Gasteiger charge is -2.29. The Morgan fingerprint density at radius 3 is 1.72 bits per heavy atom. The van der Waals surface area contributed by atoms with Crippen LogP contribution in [0.4, 0.5) is 0 Å².